The van der Waals surface area contributed by atoms with Crippen LogP contribution in [0.4, 0.5) is 0 Å². The van der Waals surface area contributed by atoms with Crippen molar-refractivity contribution in [2.24, 2.45) is 0 Å². The molecule has 0 saturated heterocycles. The average molecular weight is 192 g/mol. The summed E-state index contributed by atoms with van der Waals surface area (Å²) in [7, 11) is 0. The Morgan fingerprint density at radius 3 is 2.67 bits per heavy atom. The van der Waals surface area contributed by atoms with E-state index in [2.05, 4.69) is 21.2 Å². The van der Waals surface area contributed by atoms with E-state index in [0.29, 0.717) is 6.04 Å². The fourth-order valence-electron chi connectivity index (χ4n) is 0.544. The van der Waals surface area contributed by atoms with Crippen LogP contribution in [0, 0.1) is 0 Å². The standard InChI is InChI=1S/C6H10BrNO/c1-4(7)6(9)8-5-2-3-5/h4-5H,2-3H2,1H3,(H,8,9). The summed E-state index contributed by atoms with van der Waals surface area (Å²) in [5, 5.41) is 2.87. The van der Waals surface area contributed by atoms with Gasteiger partial charge in [0.05, 0.1) is 4.83 Å². The monoisotopic (exact) mass is 191 g/mol. The van der Waals surface area contributed by atoms with Gasteiger partial charge in [0, 0.05) is 6.04 Å². The summed E-state index contributed by atoms with van der Waals surface area (Å²) < 4.78 is 0. The summed E-state index contributed by atoms with van der Waals surface area (Å²) in [5.41, 5.74) is 0. The van der Waals surface area contributed by atoms with Crippen molar-refractivity contribution in [2.75, 3.05) is 0 Å². The molecule has 1 unspecified atom stereocenters. The Morgan fingerprint density at radius 2 is 2.33 bits per heavy atom. The number of amides is 1. The van der Waals surface area contributed by atoms with Gasteiger partial charge in [0.2, 0.25) is 5.91 Å². The Morgan fingerprint density at radius 1 is 1.78 bits per heavy atom. The van der Waals surface area contributed by atoms with Crippen LogP contribution in [0.15, 0.2) is 0 Å². The molecule has 1 saturated carbocycles. The number of halogens is 1. The Labute approximate surface area is 63.1 Å². The minimum absolute atomic E-state index is 0.0434. The molecule has 1 rings (SSSR count). The predicted octanol–water partition coefficient (Wildman–Crippen LogP) is 1.05. The molecule has 0 bridgehead atoms. The van der Waals surface area contributed by atoms with Gasteiger partial charge in [-0.3, -0.25) is 4.79 Å². The van der Waals surface area contributed by atoms with Crippen molar-refractivity contribution in [1.82, 2.24) is 5.32 Å². The van der Waals surface area contributed by atoms with Crippen LogP contribution in [0.3, 0.4) is 0 Å². The molecule has 0 heterocycles. The van der Waals surface area contributed by atoms with Crippen molar-refractivity contribution in [3.63, 3.8) is 0 Å². The van der Waals surface area contributed by atoms with Crippen LogP contribution in [0.2, 0.25) is 0 Å². The molecule has 0 radical (unpaired) electrons. The third-order valence-corrected chi connectivity index (χ3v) is 1.70. The van der Waals surface area contributed by atoms with Crippen molar-refractivity contribution >= 4 is 21.8 Å². The largest absolute Gasteiger partial charge is 0.352 e. The summed E-state index contributed by atoms with van der Waals surface area (Å²) in [6.45, 7) is 1.83. The molecule has 3 heteroatoms. The van der Waals surface area contributed by atoms with Crippen molar-refractivity contribution in [1.29, 1.82) is 0 Å². The number of rotatable bonds is 2. The van der Waals surface area contributed by atoms with Gasteiger partial charge in [0.25, 0.3) is 0 Å². The Kier molecular flexibility index (Phi) is 2.11. The summed E-state index contributed by atoms with van der Waals surface area (Å²) in [6.07, 6.45) is 2.32. The molecule has 1 fully saturated rings. The summed E-state index contributed by atoms with van der Waals surface area (Å²) in [6, 6.07) is 0.484. The highest BCUT2D eigenvalue weighted by Crippen LogP contribution is 2.19. The first-order chi connectivity index (χ1) is 4.20. The maximum absolute atomic E-state index is 10.8. The quantitative estimate of drug-likeness (QED) is 0.651. The molecule has 0 aromatic heterocycles. The van der Waals surface area contributed by atoms with E-state index >= 15 is 0 Å². The lowest BCUT2D eigenvalue weighted by atomic mass is 10.4. The van der Waals surface area contributed by atoms with Gasteiger partial charge in [-0.1, -0.05) is 15.9 Å². The van der Waals surface area contributed by atoms with Gasteiger partial charge in [-0.05, 0) is 19.8 Å². The van der Waals surface area contributed by atoms with Crippen molar-refractivity contribution < 1.29 is 4.79 Å². The molecule has 0 aromatic rings. The van der Waals surface area contributed by atoms with Gasteiger partial charge in [-0.25, -0.2) is 0 Å². The molecule has 0 aliphatic heterocycles. The summed E-state index contributed by atoms with van der Waals surface area (Å²) >= 11 is 3.18. The first-order valence-electron chi connectivity index (χ1n) is 3.14. The Balaban J connectivity index is 2.17. The second kappa shape index (κ2) is 2.69. The van der Waals surface area contributed by atoms with E-state index in [4.69, 9.17) is 0 Å². The predicted molar refractivity (Wildman–Crippen MR) is 39.6 cm³/mol. The highest BCUT2D eigenvalue weighted by Gasteiger charge is 2.24. The summed E-state index contributed by atoms with van der Waals surface area (Å²) in [5.74, 6) is 0.109. The number of carbonyl (C=O) groups excluding carboxylic acids is 1. The van der Waals surface area contributed by atoms with E-state index in [1.54, 1.807) is 0 Å². The lowest BCUT2D eigenvalue weighted by Crippen LogP contribution is -2.30. The minimum atomic E-state index is -0.0434. The second-order valence-electron chi connectivity index (χ2n) is 2.40. The van der Waals surface area contributed by atoms with Crippen LogP contribution in [0.1, 0.15) is 19.8 Å². The first kappa shape index (κ1) is 7.06. The van der Waals surface area contributed by atoms with Gasteiger partial charge in [-0.15, -0.1) is 0 Å². The molecule has 9 heavy (non-hydrogen) atoms. The Hall–Kier alpha value is -0.0500. The van der Waals surface area contributed by atoms with Gasteiger partial charge in [-0.2, -0.15) is 0 Å². The third-order valence-electron chi connectivity index (χ3n) is 1.29. The highest BCUT2D eigenvalue weighted by atomic mass is 79.9. The van der Waals surface area contributed by atoms with Crippen LogP contribution in [-0.4, -0.2) is 16.8 Å². The van der Waals surface area contributed by atoms with Gasteiger partial charge in [0.15, 0.2) is 0 Å². The lowest BCUT2D eigenvalue weighted by Gasteiger charge is -2.02. The zero-order chi connectivity index (χ0) is 6.85. The van der Waals surface area contributed by atoms with Crippen LogP contribution in [0.25, 0.3) is 0 Å². The molecule has 1 aliphatic carbocycles. The molecule has 1 N–H and O–H groups in total. The molecule has 2 nitrogen and oxygen atoms in total. The molecule has 1 amide bonds. The van der Waals surface area contributed by atoms with Crippen molar-refractivity contribution in [3.05, 3.63) is 0 Å². The lowest BCUT2D eigenvalue weighted by molar-refractivity contribution is -0.120. The number of carbonyl (C=O) groups is 1. The van der Waals surface area contributed by atoms with E-state index in [1.807, 2.05) is 6.92 Å². The zero-order valence-corrected chi connectivity index (χ0v) is 6.94. The molecule has 1 atom stereocenters. The van der Waals surface area contributed by atoms with Crippen LogP contribution >= 0.6 is 15.9 Å². The molecule has 0 spiro atoms. The normalized spacial score (nSPS) is 21.1. The first-order valence-corrected chi connectivity index (χ1v) is 4.06. The molecule has 1 aliphatic rings. The molecular formula is C6H10BrNO. The maximum atomic E-state index is 10.8. The van der Waals surface area contributed by atoms with Crippen LogP contribution < -0.4 is 5.32 Å². The van der Waals surface area contributed by atoms with Crippen LogP contribution in [0.5, 0.6) is 0 Å². The van der Waals surface area contributed by atoms with E-state index in [0.717, 1.165) is 12.8 Å². The van der Waals surface area contributed by atoms with Crippen molar-refractivity contribution in [2.45, 2.75) is 30.6 Å². The van der Waals surface area contributed by atoms with Crippen LogP contribution in [-0.2, 0) is 4.79 Å². The second-order valence-corrected chi connectivity index (χ2v) is 3.77. The van der Waals surface area contributed by atoms with Gasteiger partial charge >= 0.3 is 0 Å². The fourth-order valence-corrected chi connectivity index (χ4v) is 0.676. The van der Waals surface area contributed by atoms with Crippen molar-refractivity contribution in [3.8, 4) is 0 Å². The highest BCUT2D eigenvalue weighted by molar-refractivity contribution is 9.10. The molecular weight excluding hydrogens is 182 g/mol. The van der Waals surface area contributed by atoms with E-state index in [1.165, 1.54) is 0 Å². The smallest absolute Gasteiger partial charge is 0.233 e. The summed E-state index contributed by atoms with van der Waals surface area (Å²) in [4.78, 5) is 10.8. The Bertz CT molecular complexity index is 120. The number of hydrogen-bond donors (Lipinski definition) is 1. The zero-order valence-electron chi connectivity index (χ0n) is 5.36. The number of alkyl halides is 1. The third kappa shape index (κ3) is 2.35. The average Bonchev–Trinajstić information content (AvgIpc) is 2.50. The number of hydrogen-bond acceptors (Lipinski definition) is 1. The topological polar surface area (TPSA) is 29.1 Å². The van der Waals surface area contributed by atoms with Gasteiger partial charge in [0.1, 0.15) is 0 Å². The molecule has 52 valence electrons. The van der Waals surface area contributed by atoms with E-state index < -0.39 is 0 Å². The SMILES string of the molecule is CC(Br)C(=O)NC1CC1. The fraction of sp³-hybridized carbons (Fsp3) is 0.833. The van der Waals surface area contributed by atoms with E-state index in [9.17, 15) is 4.79 Å². The minimum Gasteiger partial charge on any atom is -0.352 e. The number of nitrogens with one attached hydrogen (secondary N) is 1. The van der Waals surface area contributed by atoms with Gasteiger partial charge < -0.3 is 5.32 Å². The van der Waals surface area contributed by atoms with E-state index in [-0.39, 0.29) is 10.7 Å². The molecule has 0 aromatic carbocycles. The maximum Gasteiger partial charge on any atom is 0.233 e.